The van der Waals surface area contributed by atoms with Crippen molar-refractivity contribution in [3.63, 3.8) is 0 Å². The molecule has 1 aromatic carbocycles. The van der Waals surface area contributed by atoms with E-state index < -0.39 is 35.9 Å². The van der Waals surface area contributed by atoms with Crippen LogP contribution in [0.5, 0.6) is 0 Å². The summed E-state index contributed by atoms with van der Waals surface area (Å²) in [6.07, 6.45) is -1.61. The number of nitrogens with zero attached hydrogens (tertiary/aromatic N) is 2. The third kappa shape index (κ3) is 4.71. The standard InChI is InChI=1S/C18H16BrF3N4O2.ClH/c1-9-4-10(19)6-24-15(9)16(27)25-11-2-3-13(20)12(5-11)18(17(21)22)8-28-7-14(23)26-18;/h2-6,17H,7-8H2,1H3,(H2,23,26)(H,25,27);1H/t18-;/m0./s1. The molecule has 1 atom stereocenters. The number of nitrogens with one attached hydrogen (secondary N) is 1. The summed E-state index contributed by atoms with van der Waals surface area (Å²) < 4.78 is 47.9. The molecule has 1 aliphatic heterocycles. The smallest absolute Gasteiger partial charge is 0.274 e. The first-order valence-electron chi connectivity index (χ1n) is 8.16. The quantitative estimate of drug-likeness (QED) is 0.678. The maximum atomic E-state index is 14.4. The SMILES string of the molecule is Cc1cc(Br)cnc1C(=O)Nc1ccc(F)c([C@]2(C(F)F)COCC(N)=N2)c1.Cl. The molecule has 3 N–H and O–H groups in total. The van der Waals surface area contributed by atoms with E-state index in [-0.39, 0.29) is 36.2 Å². The van der Waals surface area contributed by atoms with Crippen LogP contribution in [0.1, 0.15) is 21.6 Å². The molecule has 156 valence electrons. The minimum atomic E-state index is -3.07. The maximum absolute atomic E-state index is 14.4. The molecule has 3 rings (SSSR count). The molecule has 2 aromatic rings. The van der Waals surface area contributed by atoms with Gasteiger partial charge in [-0.25, -0.2) is 18.2 Å². The van der Waals surface area contributed by atoms with E-state index in [1.54, 1.807) is 13.0 Å². The Morgan fingerprint density at radius 2 is 2.10 bits per heavy atom. The number of benzene rings is 1. The summed E-state index contributed by atoms with van der Waals surface area (Å²) in [7, 11) is 0. The molecule has 0 unspecified atom stereocenters. The molecule has 1 amide bonds. The topological polar surface area (TPSA) is 89.6 Å². The average molecular weight is 494 g/mol. The second-order valence-corrected chi connectivity index (χ2v) is 7.20. The lowest BCUT2D eigenvalue weighted by molar-refractivity contribution is -0.0145. The van der Waals surface area contributed by atoms with E-state index in [2.05, 4.69) is 31.2 Å². The number of alkyl halides is 2. The van der Waals surface area contributed by atoms with Gasteiger partial charge in [-0.05, 0) is 52.7 Å². The van der Waals surface area contributed by atoms with Gasteiger partial charge in [0.1, 0.15) is 24.0 Å². The van der Waals surface area contributed by atoms with E-state index in [0.717, 1.165) is 12.1 Å². The van der Waals surface area contributed by atoms with Gasteiger partial charge in [-0.2, -0.15) is 0 Å². The van der Waals surface area contributed by atoms with Gasteiger partial charge in [0.2, 0.25) is 0 Å². The fraction of sp³-hybridized carbons (Fsp3) is 0.278. The Bertz CT molecular complexity index is 961. The number of halogens is 5. The van der Waals surface area contributed by atoms with Crippen LogP contribution in [0.25, 0.3) is 0 Å². The van der Waals surface area contributed by atoms with Crippen LogP contribution in [0, 0.1) is 12.7 Å². The Labute approximate surface area is 179 Å². The van der Waals surface area contributed by atoms with Crippen molar-refractivity contribution >= 4 is 45.8 Å². The van der Waals surface area contributed by atoms with Crippen LogP contribution in [0.15, 0.2) is 39.9 Å². The number of carbonyl (C=O) groups is 1. The zero-order chi connectivity index (χ0) is 20.5. The monoisotopic (exact) mass is 492 g/mol. The van der Waals surface area contributed by atoms with Gasteiger partial charge < -0.3 is 15.8 Å². The summed E-state index contributed by atoms with van der Waals surface area (Å²) >= 11 is 3.26. The molecular weight excluding hydrogens is 477 g/mol. The first kappa shape index (κ1) is 23.1. The number of aromatic nitrogens is 1. The minimum Gasteiger partial charge on any atom is -0.385 e. The molecule has 6 nitrogen and oxygen atoms in total. The van der Waals surface area contributed by atoms with Gasteiger partial charge in [0, 0.05) is 21.9 Å². The van der Waals surface area contributed by atoms with Crippen molar-refractivity contribution in [3.05, 3.63) is 57.6 Å². The molecule has 0 spiro atoms. The molecule has 0 saturated carbocycles. The molecular formula is C18H17BrClF3N4O2. The summed E-state index contributed by atoms with van der Waals surface area (Å²) in [4.78, 5) is 20.3. The second-order valence-electron chi connectivity index (χ2n) is 6.29. The summed E-state index contributed by atoms with van der Waals surface area (Å²) in [6.45, 7) is 1.06. The van der Waals surface area contributed by atoms with E-state index in [0.29, 0.717) is 10.0 Å². The van der Waals surface area contributed by atoms with Crippen LogP contribution in [0.4, 0.5) is 18.9 Å². The summed E-state index contributed by atoms with van der Waals surface area (Å²) in [5.41, 5.74) is 3.73. The predicted molar refractivity (Wildman–Crippen MR) is 108 cm³/mol. The number of anilines is 1. The fourth-order valence-electron chi connectivity index (χ4n) is 2.90. The number of carbonyl (C=O) groups excluding carboxylic acids is 1. The first-order valence-corrected chi connectivity index (χ1v) is 8.96. The number of nitrogens with two attached hydrogens (primary N) is 1. The minimum absolute atomic E-state index is 0. The van der Waals surface area contributed by atoms with Crippen molar-refractivity contribution < 1.29 is 22.7 Å². The molecule has 1 aliphatic rings. The second kappa shape index (κ2) is 9.10. The third-order valence-corrected chi connectivity index (χ3v) is 4.66. The molecule has 1 aromatic heterocycles. The van der Waals surface area contributed by atoms with Gasteiger partial charge in [0.05, 0.1) is 6.61 Å². The third-order valence-electron chi connectivity index (χ3n) is 4.23. The van der Waals surface area contributed by atoms with Crippen molar-refractivity contribution in [2.45, 2.75) is 18.9 Å². The van der Waals surface area contributed by atoms with Gasteiger partial charge in [-0.1, -0.05) is 0 Å². The molecule has 0 saturated heterocycles. The number of aryl methyl sites for hydroxylation is 1. The van der Waals surface area contributed by atoms with Crippen molar-refractivity contribution in [1.82, 2.24) is 4.98 Å². The zero-order valence-corrected chi connectivity index (χ0v) is 17.5. The normalized spacial score (nSPS) is 18.8. The Morgan fingerprint density at radius 1 is 1.38 bits per heavy atom. The summed E-state index contributed by atoms with van der Waals surface area (Å²) in [6, 6.07) is 5.07. The van der Waals surface area contributed by atoms with Crippen LogP contribution >= 0.6 is 28.3 Å². The van der Waals surface area contributed by atoms with Crippen molar-refractivity contribution in [1.29, 1.82) is 0 Å². The van der Waals surface area contributed by atoms with Crippen LogP contribution in [-0.2, 0) is 10.3 Å². The molecule has 0 fully saturated rings. The highest BCUT2D eigenvalue weighted by molar-refractivity contribution is 9.10. The lowest BCUT2D eigenvalue weighted by Gasteiger charge is -2.33. The number of pyridine rings is 1. The van der Waals surface area contributed by atoms with E-state index >= 15 is 0 Å². The van der Waals surface area contributed by atoms with E-state index in [4.69, 9.17) is 10.5 Å². The van der Waals surface area contributed by atoms with E-state index in [1.165, 1.54) is 12.3 Å². The number of amides is 1. The van der Waals surface area contributed by atoms with Gasteiger partial charge in [-0.3, -0.25) is 9.79 Å². The highest BCUT2D eigenvalue weighted by Crippen LogP contribution is 2.38. The van der Waals surface area contributed by atoms with Crippen LogP contribution in [0.2, 0.25) is 0 Å². The molecule has 0 aliphatic carbocycles. The Kier molecular flexibility index (Phi) is 7.25. The fourth-order valence-corrected chi connectivity index (χ4v) is 3.35. The molecule has 11 heteroatoms. The number of rotatable bonds is 4. The lowest BCUT2D eigenvalue weighted by Crippen LogP contribution is -2.45. The zero-order valence-electron chi connectivity index (χ0n) is 15.1. The van der Waals surface area contributed by atoms with E-state index in [1.807, 2.05) is 0 Å². The highest BCUT2D eigenvalue weighted by atomic mass is 79.9. The highest BCUT2D eigenvalue weighted by Gasteiger charge is 2.46. The molecule has 0 radical (unpaired) electrons. The first-order chi connectivity index (χ1) is 13.2. The number of amidine groups is 1. The van der Waals surface area contributed by atoms with Gasteiger partial charge >= 0.3 is 0 Å². The number of hydrogen-bond donors (Lipinski definition) is 2. The van der Waals surface area contributed by atoms with Gasteiger partial charge in [-0.15, -0.1) is 12.4 Å². The summed E-state index contributed by atoms with van der Waals surface area (Å²) in [5, 5.41) is 2.54. The molecule has 0 bridgehead atoms. The number of ether oxygens (including phenoxy) is 1. The number of aliphatic imine (C=N–C) groups is 1. The number of hydrogen-bond acceptors (Lipinski definition) is 5. The van der Waals surface area contributed by atoms with Gasteiger partial charge in [0.25, 0.3) is 12.3 Å². The molecule has 29 heavy (non-hydrogen) atoms. The van der Waals surface area contributed by atoms with Crippen LogP contribution in [0.3, 0.4) is 0 Å². The Balaban J connectivity index is 0.00000300. The Morgan fingerprint density at radius 3 is 2.72 bits per heavy atom. The Hall–Kier alpha value is -2.17. The predicted octanol–water partition coefficient (Wildman–Crippen LogP) is 3.81. The van der Waals surface area contributed by atoms with Crippen molar-refractivity contribution in [3.8, 4) is 0 Å². The van der Waals surface area contributed by atoms with Crippen LogP contribution in [-0.4, -0.2) is 36.4 Å². The van der Waals surface area contributed by atoms with E-state index in [9.17, 15) is 18.0 Å². The maximum Gasteiger partial charge on any atom is 0.274 e. The van der Waals surface area contributed by atoms with Crippen molar-refractivity contribution in [2.24, 2.45) is 10.7 Å². The summed E-state index contributed by atoms with van der Waals surface area (Å²) in [5.74, 6) is -1.62. The van der Waals surface area contributed by atoms with Crippen molar-refractivity contribution in [2.75, 3.05) is 18.5 Å². The largest absolute Gasteiger partial charge is 0.385 e. The lowest BCUT2D eigenvalue weighted by atomic mass is 9.90. The van der Waals surface area contributed by atoms with Crippen LogP contribution < -0.4 is 11.1 Å². The molecule has 2 heterocycles. The van der Waals surface area contributed by atoms with Gasteiger partial charge in [0.15, 0.2) is 5.54 Å². The average Bonchev–Trinajstić information content (AvgIpc) is 2.62.